The van der Waals surface area contributed by atoms with Gasteiger partial charge in [0, 0.05) is 11.1 Å². The smallest absolute Gasteiger partial charge is 0.356 e. The lowest BCUT2D eigenvalue weighted by Gasteiger charge is -2.12. The number of aromatic nitrogens is 3. The number of carbonyl (C=O) groups excluding carboxylic acids is 1. The van der Waals surface area contributed by atoms with Gasteiger partial charge in [-0.3, -0.25) is 0 Å². The van der Waals surface area contributed by atoms with Gasteiger partial charge in [-0.25, -0.2) is 18.7 Å². The molecule has 1 unspecified atom stereocenters. The predicted octanol–water partition coefficient (Wildman–Crippen LogP) is 3.41. The number of benzene rings is 1. The van der Waals surface area contributed by atoms with E-state index in [0.717, 1.165) is 0 Å². The first-order valence-electron chi connectivity index (χ1n) is 9.07. The molecule has 4 aromatic rings. The SMILES string of the molecule is COC(=O)c1cccc(C(O)c2c(-c3cccc(F)c3)nn3cc(OC)ccc23)n1. The van der Waals surface area contributed by atoms with Crippen LogP contribution in [0.15, 0.2) is 60.8 Å². The van der Waals surface area contributed by atoms with Gasteiger partial charge in [-0.1, -0.05) is 18.2 Å². The fraction of sp³-hybridized carbons (Fsp3) is 0.136. The zero-order chi connectivity index (χ0) is 21.3. The Morgan fingerprint density at radius 1 is 1.13 bits per heavy atom. The summed E-state index contributed by atoms with van der Waals surface area (Å²) in [7, 11) is 2.80. The van der Waals surface area contributed by atoms with E-state index in [1.807, 2.05) is 0 Å². The maximum Gasteiger partial charge on any atom is 0.356 e. The average Bonchev–Trinajstić information content (AvgIpc) is 3.16. The van der Waals surface area contributed by atoms with Crippen molar-refractivity contribution in [3.8, 4) is 17.0 Å². The summed E-state index contributed by atoms with van der Waals surface area (Å²) in [5, 5.41) is 15.7. The second-order valence-corrected chi connectivity index (χ2v) is 6.51. The molecule has 0 aliphatic heterocycles. The van der Waals surface area contributed by atoms with Crippen molar-refractivity contribution in [2.24, 2.45) is 0 Å². The molecule has 0 spiro atoms. The summed E-state index contributed by atoms with van der Waals surface area (Å²) >= 11 is 0. The van der Waals surface area contributed by atoms with E-state index in [-0.39, 0.29) is 11.4 Å². The van der Waals surface area contributed by atoms with Gasteiger partial charge in [0.05, 0.1) is 37.3 Å². The number of halogens is 1. The Hall–Kier alpha value is -3.78. The summed E-state index contributed by atoms with van der Waals surface area (Å²) in [5.74, 6) is -0.463. The molecular formula is C22H18FN3O4. The van der Waals surface area contributed by atoms with Crippen LogP contribution in [-0.4, -0.2) is 39.9 Å². The number of nitrogens with zero attached hydrogens (tertiary/aromatic N) is 3. The van der Waals surface area contributed by atoms with Gasteiger partial charge >= 0.3 is 5.97 Å². The molecule has 0 aliphatic rings. The fourth-order valence-corrected chi connectivity index (χ4v) is 3.26. The number of hydrogen-bond acceptors (Lipinski definition) is 6. The first kappa shape index (κ1) is 19.5. The molecule has 4 rings (SSSR count). The summed E-state index contributed by atoms with van der Waals surface area (Å²) < 4.78 is 25.4. The molecule has 0 aliphatic carbocycles. The van der Waals surface area contributed by atoms with Crippen LogP contribution in [0.4, 0.5) is 4.39 Å². The number of aliphatic hydroxyl groups is 1. The number of pyridine rings is 2. The van der Waals surface area contributed by atoms with Crippen molar-refractivity contribution in [3.63, 3.8) is 0 Å². The molecule has 0 radical (unpaired) electrons. The third-order valence-electron chi connectivity index (χ3n) is 4.69. The summed E-state index contributed by atoms with van der Waals surface area (Å²) in [5.41, 5.74) is 2.21. The van der Waals surface area contributed by atoms with Crippen molar-refractivity contribution >= 4 is 11.5 Å². The van der Waals surface area contributed by atoms with Gasteiger partial charge in [0.1, 0.15) is 23.4 Å². The minimum absolute atomic E-state index is 0.0690. The number of ether oxygens (including phenoxy) is 2. The van der Waals surface area contributed by atoms with Crippen LogP contribution >= 0.6 is 0 Å². The molecule has 0 saturated carbocycles. The molecule has 8 heteroatoms. The third kappa shape index (κ3) is 3.48. The molecule has 3 heterocycles. The molecule has 1 aromatic carbocycles. The largest absolute Gasteiger partial charge is 0.495 e. The molecule has 0 saturated heterocycles. The quantitative estimate of drug-likeness (QED) is 0.510. The molecule has 152 valence electrons. The number of carbonyl (C=O) groups is 1. The average molecular weight is 407 g/mol. The first-order valence-corrected chi connectivity index (χ1v) is 9.07. The molecule has 1 atom stereocenters. The highest BCUT2D eigenvalue weighted by Gasteiger charge is 2.25. The zero-order valence-electron chi connectivity index (χ0n) is 16.2. The highest BCUT2D eigenvalue weighted by Crippen LogP contribution is 2.35. The summed E-state index contributed by atoms with van der Waals surface area (Å²) in [4.78, 5) is 16.1. The zero-order valence-corrected chi connectivity index (χ0v) is 16.2. The Bertz CT molecular complexity index is 1240. The number of rotatable bonds is 5. The number of esters is 1. The Balaban J connectivity index is 1.92. The Kier molecular flexibility index (Phi) is 5.16. The van der Waals surface area contributed by atoms with E-state index >= 15 is 0 Å². The molecular weight excluding hydrogens is 389 g/mol. The molecule has 0 bridgehead atoms. The lowest BCUT2D eigenvalue weighted by Crippen LogP contribution is -2.09. The van der Waals surface area contributed by atoms with Crippen LogP contribution in [0.25, 0.3) is 16.8 Å². The standard InChI is InChI=1S/C22H18FN3O4/c1-29-15-9-10-18-19(21(27)16-7-4-8-17(24-16)22(28)30-2)20(25-26(18)12-15)13-5-3-6-14(23)11-13/h3-12,21,27H,1-2H3. The van der Waals surface area contributed by atoms with E-state index < -0.39 is 17.9 Å². The Morgan fingerprint density at radius 2 is 1.93 bits per heavy atom. The van der Waals surface area contributed by atoms with E-state index in [1.54, 1.807) is 47.1 Å². The third-order valence-corrected chi connectivity index (χ3v) is 4.69. The number of hydrogen-bond donors (Lipinski definition) is 1. The molecule has 0 amide bonds. The van der Waals surface area contributed by atoms with Crippen molar-refractivity contribution in [2.45, 2.75) is 6.10 Å². The van der Waals surface area contributed by atoms with Crippen molar-refractivity contribution < 1.29 is 23.8 Å². The highest BCUT2D eigenvalue weighted by molar-refractivity contribution is 5.87. The van der Waals surface area contributed by atoms with Gasteiger partial charge in [0.15, 0.2) is 0 Å². The predicted molar refractivity (Wildman–Crippen MR) is 107 cm³/mol. The van der Waals surface area contributed by atoms with E-state index in [2.05, 4.69) is 10.1 Å². The maximum atomic E-state index is 13.9. The van der Waals surface area contributed by atoms with Gasteiger partial charge in [-0.15, -0.1) is 0 Å². The normalized spacial score (nSPS) is 12.0. The van der Waals surface area contributed by atoms with Gasteiger partial charge in [-0.05, 0) is 36.4 Å². The topological polar surface area (TPSA) is 86.0 Å². The van der Waals surface area contributed by atoms with Gasteiger partial charge < -0.3 is 14.6 Å². The van der Waals surface area contributed by atoms with Crippen molar-refractivity contribution in [2.75, 3.05) is 14.2 Å². The van der Waals surface area contributed by atoms with Crippen LogP contribution in [0.3, 0.4) is 0 Å². The first-order chi connectivity index (χ1) is 14.5. The van der Waals surface area contributed by atoms with E-state index in [9.17, 15) is 14.3 Å². The molecule has 30 heavy (non-hydrogen) atoms. The number of fused-ring (bicyclic) bond motifs is 1. The van der Waals surface area contributed by atoms with Gasteiger partial charge in [-0.2, -0.15) is 5.10 Å². The summed E-state index contributed by atoms with van der Waals surface area (Å²) in [6.07, 6.45) is 0.436. The molecule has 7 nitrogen and oxygen atoms in total. The number of methoxy groups -OCH3 is 2. The van der Waals surface area contributed by atoms with Crippen LogP contribution < -0.4 is 4.74 Å². The summed E-state index contributed by atoms with van der Waals surface area (Å²) in [6, 6.07) is 14.1. The summed E-state index contributed by atoms with van der Waals surface area (Å²) in [6.45, 7) is 0. The molecule has 1 N–H and O–H groups in total. The van der Waals surface area contributed by atoms with Gasteiger partial charge in [0.25, 0.3) is 0 Å². The van der Waals surface area contributed by atoms with Crippen LogP contribution in [0, 0.1) is 5.82 Å². The number of aliphatic hydroxyl groups excluding tert-OH is 1. The van der Waals surface area contributed by atoms with Crippen molar-refractivity contribution in [1.29, 1.82) is 0 Å². The van der Waals surface area contributed by atoms with Gasteiger partial charge in [0.2, 0.25) is 0 Å². The van der Waals surface area contributed by atoms with E-state index in [4.69, 9.17) is 9.47 Å². The monoisotopic (exact) mass is 407 g/mol. The van der Waals surface area contributed by atoms with E-state index in [0.29, 0.717) is 28.1 Å². The van der Waals surface area contributed by atoms with Crippen LogP contribution in [-0.2, 0) is 4.74 Å². The van der Waals surface area contributed by atoms with E-state index in [1.165, 1.54) is 32.4 Å². The lowest BCUT2D eigenvalue weighted by molar-refractivity contribution is 0.0593. The maximum absolute atomic E-state index is 13.9. The highest BCUT2D eigenvalue weighted by atomic mass is 19.1. The second kappa shape index (κ2) is 7.92. The lowest BCUT2D eigenvalue weighted by atomic mass is 9.99. The van der Waals surface area contributed by atoms with Crippen LogP contribution in [0.5, 0.6) is 5.75 Å². The van der Waals surface area contributed by atoms with Crippen molar-refractivity contribution in [3.05, 3.63) is 83.6 Å². The minimum atomic E-state index is -1.22. The second-order valence-electron chi connectivity index (χ2n) is 6.51. The van der Waals surface area contributed by atoms with Crippen molar-refractivity contribution in [1.82, 2.24) is 14.6 Å². The molecule has 3 aromatic heterocycles. The van der Waals surface area contributed by atoms with Crippen LogP contribution in [0.1, 0.15) is 27.8 Å². The Labute approximate surface area is 171 Å². The molecule has 0 fully saturated rings. The minimum Gasteiger partial charge on any atom is -0.495 e. The Morgan fingerprint density at radius 3 is 2.67 bits per heavy atom. The van der Waals surface area contributed by atoms with Crippen LogP contribution in [0.2, 0.25) is 0 Å². The fourth-order valence-electron chi connectivity index (χ4n) is 3.26.